The Hall–Kier alpha value is -1.68. The van der Waals surface area contributed by atoms with Crippen LogP contribution in [0.2, 0.25) is 0 Å². The molecule has 0 aliphatic carbocycles. The third-order valence-corrected chi connectivity index (χ3v) is 6.05. The van der Waals surface area contributed by atoms with Crippen LogP contribution < -0.4 is 5.32 Å². The molecular weight excluding hydrogens is 467 g/mol. The highest BCUT2D eigenvalue weighted by Gasteiger charge is 2.53. The number of guanidine groups is 1. The Morgan fingerprint density at radius 3 is 2.71 bits per heavy atom. The van der Waals surface area contributed by atoms with Crippen LogP contribution in [0.25, 0.3) is 5.82 Å². The average molecular weight is 494 g/mol. The van der Waals surface area contributed by atoms with E-state index in [1.165, 1.54) is 12.8 Å². The number of hydrogen-bond donors (Lipinski definition) is 1. The molecule has 5 rings (SSSR count). The maximum absolute atomic E-state index is 6.10. The Morgan fingerprint density at radius 2 is 2.04 bits per heavy atom. The summed E-state index contributed by atoms with van der Waals surface area (Å²) in [6.07, 6.45) is 8.91. The fourth-order valence-electron chi connectivity index (χ4n) is 4.81. The second-order valence-corrected chi connectivity index (χ2v) is 7.67. The molecule has 0 amide bonds. The maximum atomic E-state index is 6.10. The first-order valence-corrected chi connectivity index (χ1v) is 9.95. The molecule has 4 unspecified atom stereocenters. The van der Waals surface area contributed by atoms with Gasteiger partial charge in [-0.05, 0) is 43.5 Å². The van der Waals surface area contributed by atoms with E-state index in [9.17, 15) is 0 Å². The predicted molar refractivity (Wildman–Crippen MR) is 118 cm³/mol. The van der Waals surface area contributed by atoms with Crippen molar-refractivity contribution in [2.45, 2.75) is 38.5 Å². The molecule has 150 valence electrons. The molecule has 3 aliphatic rings. The lowest BCUT2D eigenvalue weighted by molar-refractivity contribution is 0.0767. The molecule has 28 heavy (non-hydrogen) atoms. The number of hydrogen-bond acceptors (Lipinski definition) is 4. The van der Waals surface area contributed by atoms with Crippen molar-refractivity contribution in [1.82, 2.24) is 25.0 Å². The second-order valence-electron chi connectivity index (χ2n) is 7.67. The first-order valence-electron chi connectivity index (χ1n) is 9.95. The molecule has 1 N–H and O–H groups in total. The molecular formula is C20H27IN6O. The highest BCUT2D eigenvalue weighted by Crippen LogP contribution is 2.47. The van der Waals surface area contributed by atoms with E-state index in [1.807, 2.05) is 30.6 Å². The van der Waals surface area contributed by atoms with Gasteiger partial charge in [0.05, 0.1) is 18.8 Å². The lowest BCUT2D eigenvalue weighted by Crippen LogP contribution is -2.41. The van der Waals surface area contributed by atoms with Crippen LogP contribution in [0, 0.1) is 11.8 Å². The molecule has 2 aromatic rings. The fraction of sp³-hybridized carbons (Fsp3) is 0.550. The van der Waals surface area contributed by atoms with Crippen molar-refractivity contribution >= 4 is 29.9 Å². The number of fused-ring (bicyclic) bond motifs is 5. The SMILES string of the molecule is CCNC(=NCc1ccnc(-n2cccn2)c1)N1CC2C3CCC(O3)C2C1.I. The summed E-state index contributed by atoms with van der Waals surface area (Å²) in [5.74, 6) is 3.20. The van der Waals surface area contributed by atoms with Crippen LogP contribution in [-0.4, -0.2) is 57.5 Å². The number of rotatable bonds is 4. The topological polar surface area (TPSA) is 67.6 Å². The summed E-state index contributed by atoms with van der Waals surface area (Å²) in [6.45, 7) is 5.76. The minimum Gasteiger partial charge on any atom is -0.374 e. The van der Waals surface area contributed by atoms with Crippen LogP contribution in [0.5, 0.6) is 0 Å². The summed E-state index contributed by atoms with van der Waals surface area (Å²) < 4.78 is 7.88. The van der Waals surface area contributed by atoms with E-state index in [0.29, 0.717) is 30.6 Å². The highest BCUT2D eigenvalue weighted by molar-refractivity contribution is 14.0. The van der Waals surface area contributed by atoms with E-state index in [-0.39, 0.29) is 24.0 Å². The lowest BCUT2D eigenvalue weighted by atomic mass is 9.82. The first kappa shape index (κ1) is 19.6. The molecule has 7 nitrogen and oxygen atoms in total. The standard InChI is InChI=1S/C20H26N6O.HI/c1-2-21-20(25-12-15-16(13-25)18-5-4-17(15)27-18)23-11-14-6-8-22-19(10-14)26-9-3-7-24-26;/h3,6-10,15-18H,2,4-5,11-13H2,1H3,(H,21,23);1H. The van der Waals surface area contributed by atoms with Gasteiger partial charge in [-0.15, -0.1) is 24.0 Å². The van der Waals surface area contributed by atoms with Crippen LogP contribution in [0.4, 0.5) is 0 Å². The summed E-state index contributed by atoms with van der Waals surface area (Å²) in [7, 11) is 0. The van der Waals surface area contributed by atoms with Gasteiger partial charge in [0.2, 0.25) is 0 Å². The van der Waals surface area contributed by atoms with Crippen LogP contribution in [0.1, 0.15) is 25.3 Å². The van der Waals surface area contributed by atoms with Crippen molar-refractivity contribution in [2.24, 2.45) is 16.8 Å². The monoisotopic (exact) mass is 494 g/mol. The minimum atomic E-state index is 0. The molecule has 4 atom stereocenters. The Morgan fingerprint density at radius 1 is 1.25 bits per heavy atom. The zero-order valence-electron chi connectivity index (χ0n) is 16.1. The van der Waals surface area contributed by atoms with E-state index >= 15 is 0 Å². The maximum Gasteiger partial charge on any atom is 0.194 e. The Labute approximate surface area is 182 Å². The zero-order valence-corrected chi connectivity index (χ0v) is 18.4. The van der Waals surface area contributed by atoms with Gasteiger partial charge in [0.1, 0.15) is 0 Å². The number of nitrogens with one attached hydrogen (secondary N) is 1. The fourth-order valence-corrected chi connectivity index (χ4v) is 4.81. The van der Waals surface area contributed by atoms with Gasteiger partial charge in [-0.3, -0.25) is 0 Å². The zero-order chi connectivity index (χ0) is 18.2. The summed E-state index contributed by atoms with van der Waals surface area (Å²) in [5.41, 5.74) is 1.13. The molecule has 3 saturated heterocycles. The van der Waals surface area contributed by atoms with Crippen LogP contribution in [0.3, 0.4) is 0 Å². The van der Waals surface area contributed by atoms with Crippen LogP contribution in [-0.2, 0) is 11.3 Å². The number of aliphatic imine (C=N–C) groups is 1. The molecule has 3 aliphatic heterocycles. The van der Waals surface area contributed by atoms with Crippen molar-refractivity contribution in [2.75, 3.05) is 19.6 Å². The number of likely N-dealkylation sites (tertiary alicyclic amines) is 1. The molecule has 0 aromatic carbocycles. The predicted octanol–water partition coefficient (Wildman–Crippen LogP) is 2.46. The molecule has 0 spiro atoms. The van der Waals surface area contributed by atoms with E-state index in [0.717, 1.165) is 37.0 Å². The molecule has 0 radical (unpaired) electrons. The third kappa shape index (κ3) is 3.63. The van der Waals surface area contributed by atoms with Gasteiger partial charge in [0.15, 0.2) is 11.8 Å². The molecule has 0 saturated carbocycles. The van der Waals surface area contributed by atoms with Gasteiger partial charge in [0.25, 0.3) is 0 Å². The molecule has 5 heterocycles. The Balaban J connectivity index is 0.00000192. The smallest absolute Gasteiger partial charge is 0.194 e. The van der Waals surface area contributed by atoms with Gasteiger partial charge >= 0.3 is 0 Å². The average Bonchev–Trinajstić information content (AvgIpc) is 3.47. The lowest BCUT2D eigenvalue weighted by Gasteiger charge is -2.23. The van der Waals surface area contributed by atoms with Crippen LogP contribution in [0.15, 0.2) is 41.8 Å². The largest absolute Gasteiger partial charge is 0.374 e. The number of aromatic nitrogens is 3. The van der Waals surface area contributed by atoms with E-state index in [4.69, 9.17) is 9.73 Å². The van der Waals surface area contributed by atoms with Crippen molar-refractivity contribution in [3.05, 3.63) is 42.4 Å². The highest BCUT2D eigenvalue weighted by atomic mass is 127. The minimum absolute atomic E-state index is 0. The van der Waals surface area contributed by atoms with Crippen molar-refractivity contribution < 1.29 is 4.74 Å². The van der Waals surface area contributed by atoms with E-state index in [1.54, 1.807) is 10.9 Å². The van der Waals surface area contributed by atoms with Gasteiger partial charge in [-0.1, -0.05) is 0 Å². The Bertz CT molecular complexity index is 808. The summed E-state index contributed by atoms with van der Waals surface area (Å²) in [6, 6.07) is 5.97. The second kappa shape index (κ2) is 8.36. The van der Waals surface area contributed by atoms with Crippen LogP contribution >= 0.6 is 24.0 Å². The number of ether oxygens (including phenoxy) is 1. The summed E-state index contributed by atoms with van der Waals surface area (Å²) in [4.78, 5) is 11.7. The number of pyridine rings is 1. The third-order valence-electron chi connectivity index (χ3n) is 6.05. The van der Waals surface area contributed by atoms with Crippen molar-refractivity contribution in [3.8, 4) is 5.82 Å². The quantitative estimate of drug-likeness (QED) is 0.402. The number of halogens is 1. The first-order chi connectivity index (χ1) is 13.3. The van der Waals surface area contributed by atoms with Gasteiger partial charge in [-0.2, -0.15) is 5.10 Å². The summed E-state index contributed by atoms with van der Waals surface area (Å²) in [5, 5.41) is 7.73. The normalized spacial score (nSPS) is 28.3. The molecule has 3 fully saturated rings. The molecule has 8 heteroatoms. The van der Waals surface area contributed by atoms with Gasteiger partial charge < -0.3 is 15.0 Å². The van der Waals surface area contributed by atoms with Gasteiger partial charge in [0, 0.05) is 50.1 Å². The number of nitrogens with zero attached hydrogens (tertiary/aromatic N) is 5. The Kier molecular flexibility index (Phi) is 5.86. The van der Waals surface area contributed by atoms with E-state index < -0.39 is 0 Å². The van der Waals surface area contributed by atoms with E-state index in [2.05, 4.69) is 27.2 Å². The molecule has 2 bridgehead atoms. The van der Waals surface area contributed by atoms with Crippen molar-refractivity contribution in [3.63, 3.8) is 0 Å². The molecule has 2 aromatic heterocycles. The summed E-state index contributed by atoms with van der Waals surface area (Å²) >= 11 is 0. The van der Waals surface area contributed by atoms with Gasteiger partial charge in [-0.25, -0.2) is 14.7 Å². The van der Waals surface area contributed by atoms with Crippen molar-refractivity contribution in [1.29, 1.82) is 0 Å².